The van der Waals surface area contributed by atoms with E-state index in [1.54, 1.807) is 6.92 Å². The van der Waals surface area contributed by atoms with Crippen LogP contribution in [0.4, 0.5) is 11.4 Å². The lowest BCUT2D eigenvalue weighted by Crippen LogP contribution is -2.33. The van der Waals surface area contributed by atoms with Gasteiger partial charge in [-0.05, 0) is 56.2 Å². The number of carbonyl (C=O) groups is 1. The highest BCUT2D eigenvalue weighted by atomic mass is 16.1. The van der Waals surface area contributed by atoms with Crippen LogP contribution in [-0.2, 0) is 0 Å². The molecule has 0 aromatic heterocycles. The monoisotopic (exact) mass is 260 g/mol. The van der Waals surface area contributed by atoms with Crippen LogP contribution in [0.25, 0.3) is 0 Å². The Labute approximate surface area is 115 Å². The number of nitrogens with one attached hydrogen (secondary N) is 1. The van der Waals surface area contributed by atoms with Crippen LogP contribution in [0.3, 0.4) is 0 Å². The minimum Gasteiger partial charge on any atom is -0.398 e. The van der Waals surface area contributed by atoms with Crippen molar-refractivity contribution in [3.8, 4) is 0 Å². The maximum Gasteiger partial charge on any atom is 0.161 e. The van der Waals surface area contributed by atoms with E-state index in [2.05, 4.69) is 19.2 Å². The Hall–Kier alpha value is -1.51. The van der Waals surface area contributed by atoms with Crippen molar-refractivity contribution in [2.75, 3.05) is 11.1 Å². The summed E-state index contributed by atoms with van der Waals surface area (Å²) in [5.74, 6) is 1.51. The molecule has 1 saturated carbocycles. The Balaban J connectivity index is 2.11. The van der Waals surface area contributed by atoms with E-state index < -0.39 is 0 Å². The molecule has 1 aliphatic carbocycles. The third-order valence-corrected chi connectivity index (χ3v) is 4.22. The fraction of sp³-hybridized carbons (Fsp3) is 0.562. The molecule has 1 aliphatic rings. The Morgan fingerprint density at radius 3 is 2.68 bits per heavy atom. The maximum absolute atomic E-state index is 11.5. The van der Waals surface area contributed by atoms with Crippen LogP contribution >= 0.6 is 0 Å². The number of carbonyl (C=O) groups excluding carboxylic acids is 1. The third-order valence-electron chi connectivity index (χ3n) is 4.22. The first-order valence-corrected chi connectivity index (χ1v) is 7.14. The molecule has 0 aliphatic heterocycles. The molecule has 3 N–H and O–H groups in total. The van der Waals surface area contributed by atoms with Gasteiger partial charge in [0.1, 0.15) is 0 Å². The molecule has 1 fully saturated rings. The highest BCUT2D eigenvalue weighted by molar-refractivity contribution is 6.00. The SMILES string of the molecule is CC(=O)c1cc(NC2CCC(C)CC2C)ccc1N. The van der Waals surface area contributed by atoms with Gasteiger partial charge in [0.25, 0.3) is 0 Å². The summed E-state index contributed by atoms with van der Waals surface area (Å²) < 4.78 is 0. The Kier molecular flexibility index (Phi) is 4.13. The average Bonchev–Trinajstić information content (AvgIpc) is 2.34. The average molecular weight is 260 g/mol. The first-order chi connectivity index (χ1) is 8.97. The first-order valence-electron chi connectivity index (χ1n) is 7.14. The van der Waals surface area contributed by atoms with Crippen molar-refractivity contribution >= 4 is 17.2 Å². The fourth-order valence-corrected chi connectivity index (χ4v) is 3.04. The van der Waals surface area contributed by atoms with Crippen molar-refractivity contribution in [1.29, 1.82) is 0 Å². The smallest absolute Gasteiger partial charge is 0.161 e. The molecular weight excluding hydrogens is 236 g/mol. The number of hydrogen-bond donors (Lipinski definition) is 2. The molecule has 3 atom stereocenters. The topological polar surface area (TPSA) is 55.1 Å². The van der Waals surface area contributed by atoms with Gasteiger partial charge in [-0.1, -0.05) is 13.8 Å². The molecule has 0 saturated heterocycles. The van der Waals surface area contributed by atoms with Crippen LogP contribution in [0, 0.1) is 11.8 Å². The second-order valence-electron chi connectivity index (χ2n) is 6.00. The van der Waals surface area contributed by atoms with E-state index in [0.717, 1.165) is 11.6 Å². The van der Waals surface area contributed by atoms with E-state index in [9.17, 15) is 4.79 Å². The summed E-state index contributed by atoms with van der Waals surface area (Å²) in [6, 6.07) is 6.16. The summed E-state index contributed by atoms with van der Waals surface area (Å²) in [6.07, 6.45) is 3.74. The molecular formula is C16H24N2O. The van der Waals surface area contributed by atoms with E-state index in [0.29, 0.717) is 23.2 Å². The molecule has 1 aromatic rings. The minimum absolute atomic E-state index is 0.0199. The molecule has 3 nitrogen and oxygen atoms in total. The van der Waals surface area contributed by atoms with Gasteiger partial charge >= 0.3 is 0 Å². The lowest BCUT2D eigenvalue weighted by Gasteiger charge is -2.34. The summed E-state index contributed by atoms with van der Waals surface area (Å²) in [5.41, 5.74) is 8.00. The standard InChI is InChI=1S/C16H24N2O/c1-10-4-7-16(11(2)8-10)18-13-5-6-15(17)14(9-13)12(3)19/h5-6,9-11,16,18H,4,7-8,17H2,1-3H3. The summed E-state index contributed by atoms with van der Waals surface area (Å²) in [6.45, 7) is 6.18. The Bertz CT molecular complexity index is 470. The lowest BCUT2D eigenvalue weighted by molar-refractivity contribution is 0.101. The lowest BCUT2D eigenvalue weighted by atomic mass is 9.80. The summed E-state index contributed by atoms with van der Waals surface area (Å²) >= 11 is 0. The van der Waals surface area contributed by atoms with Crippen molar-refractivity contribution in [2.24, 2.45) is 11.8 Å². The van der Waals surface area contributed by atoms with Gasteiger partial charge < -0.3 is 11.1 Å². The Morgan fingerprint density at radius 2 is 2.05 bits per heavy atom. The molecule has 0 amide bonds. The van der Waals surface area contributed by atoms with E-state index in [1.165, 1.54) is 19.3 Å². The molecule has 1 aromatic carbocycles. The highest BCUT2D eigenvalue weighted by Crippen LogP contribution is 2.31. The highest BCUT2D eigenvalue weighted by Gasteiger charge is 2.25. The van der Waals surface area contributed by atoms with Crippen LogP contribution < -0.4 is 11.1 Å². The van der Waals surface area contributed by atoms with Crippen molar-refractivity contribution in [2.45, 2.75) is 46.1 Å². The quantitative estimate of drug-likeness (QED) is 0.643. The van der Waals surface area contributed by atoms with Gasteiger partial charge in [0, 0.05) is 23.0 Å². The molecule has 3 heteroatoms. The van der Waals surface area contributed by atoms with Gasteiger partial charge in [-0.25, -0.2) is 0 Å². The largest absolute Gasteiger partial charge is 0.398 e. The number of ketones is 1. The van der Waals surface area contributed by atoms with E-state index in [1.807, 2.05) is 18.2 Å². The predicted molar refractivity (Wildman–Crippen MR) is 80.4 cm³/mol. The number of anilines is 2. The maximum atomic E-state index is 11.5. The Morgan fingerprint density at radius 1 is 1.32 bits per heavy atom. The predicted octanol–water partition coefficient (Wildman–Crippen LogP) is 3.71. The summed E-state index contributed by atoms with van der Waals surface area (Å²) in [5, 5.41) is 3.57. The number of hydrogen-bond acceptors (Lipinski definition) is 3. The van der Waals surface area contributed by atoms with Crippen LogP contribution in [-0.4, -0.2) is 11.8 Å². The van der Waals surface area contributed by atoms with E-state index in [4.69, 9.17) is 5.73 Å². The van der Waals surface area contributed by atoms with E-state index >= 15 is 0 Å². The number of rotatable bonds is 3. The minimum atomic E-state index is 0.0199. The van der Waals surface area contributed by atoms with Crippen LogP contribution in [0.1, 0.15) is 50.4 Å². The third kappa shape index (κ3) is 3.28. The first kappa shape index (κ1) is 13.9. The molecule has 2 rings (SSSR count). The molecule has 104 valence electrons. The molecule has 0 heterocycles. The fourth-order valence-electron chi connectivity index (χ4n) is 3.04. The van der Waals surface area contributed by atoms with Crippen LogP contribution in [0.2, 0.25) is 0 Å². The number of benzene rings is 1. The van der Waals surface area contributed by atoms with Crippen molar-refractivity contribution in [3.05, 3.63) is 23.8 Å². The number of Topliss-reactive ketones (excluding diaryl/α,β-unsaturated/α-hetero) is 1. The van der Waals surface area contributed by atoms with Crippen molar-refractivity contribution < 1.29 is 4.79 Å². The molecule has 0 bridgehead atoms. The van der Waals surface area contributed by atoms with Crippen LogP contribution in [0.5, 0.6) is 0 Å². The molecule has 0 radical (unpaired) electrons. The van der Waals surface area contributed by atoms with Gasteiger partial charge in [-0.2, -0.15) is 0 Å². The number of nitrogen functional groups attached to an aromatic ring is 1. The summed E-state index contributed by atoms with van der Waals surface area (Å²) in [7, 11) is 0. The number of nitrogens with two attached hydrogens (primary N) is 1. The van der Waals surface area contributed by atoms with Crippen molar-refractivity contribution in [1.82, 2.24) is 0 Å². The second-order valence-corrected chi connectivity index (χ2v) is 6.00. The zero-order valence-corrected chi connectivity index (χ0v) is 12.1. The molecule has 19 heavy (non-hydrogen) atoms. The van der Waals surface area contributed by atoms with Gasteiger partial charge in [-0.15, -0.1) is 0 Å². The van der Waals surface area contributed by atoms with Gasteiger partial charge in [-0.3, -0.25) is 4.79 Å². The summed E-state index contributed by atoms with van der Waals surface area (Å²) in [4.78, 5) is 11.5. The zero-order valence-electron chi connectivity index (χ0n) is 12.1. The molecule has 0 spiro atoms. The normalized spacial score (nSPS) is 27.0. The van der Waals surface area contributed by atoms with E-state index in [-0.39, 0.29) is 5.78 Å². The van der Waals surface area contributed by atoms with Gasteiger partial charge in [0.15, 0.2) is 5.78 Å². The zero-order chi connectivity index (χ0) is 14.0. The van der Waals surface area contributed by atoms with Crippen LogP contribution in [0.15, 0.2) is 18.2 Å². The molecule has 3 unspecified atom stereocenters. The second kappa shape index (κ2) is 5.64. The van der Waals surface area contributed by atoms with Gasteiger partial charge in [0.05, 0.1) is 0 Å². The van der Waals surface area contributed by atoms with Crippen molar-refractivity contribution in [3.63, 3.8) is 0 Å². The van der Waals surface area contributed by atoms with Gasteiger partial charge in [0.2, 0.25) is 0 Å².